The number of hydrogen-bond acceptors (Lipinski definition) is 6. The average Bonchev–Trinajstić information content (AvgIpc) is 4.07. The minimum absolute atomic E-state index is 0.00458. The highest BCUT2D eigenvalue weighted by Crippen LogP contribution is 2.32. The Bertz CT molecular complexity index is 2060. The van der Waals surface area contributed by atoms with Gasteiger partial charge in [0.05, 0.1) is 23.5 Å². The number of rotatable bonds is 18. The molecule has 6 rings (SSSR count). The van der Waals surface area contributed by atoms with Gasteiger partial charge in [-0.1, -0.05) is 137 Å². The Kier molecular flexibility index (Phi) is 24.6. The largest absolute Gasteiger partial charge is 0.366 e. The molecule has 0 radical (unpaired) electrons. The van der Waals surface area contributed by atoms with Crippen LogP contribution in [0.5, 0.6) is 0 Å². The van der Waals surface area contributed by atoms with Crippen LogP contribution in [-0.4, -0.2) is 23.9 Å². The first kappa shape index (κ1) is 54.6. The molecule has 2 atom stereocenters. The van der Waals surface area contributed by atoms with Crippen LogP contribution >= 0.6 is 0 Å². The van der Waals surface area contributed by atoms with Crippen molar-refractivity contribution in [2.24, 2.45) is 11.8 Å². The summed E-state index contributed by atoms with van der Waals surface area (Å²) in [4.78, 5) is 35.9. The topological polar surface area (TPSA) is 106 Å². The number of nitrogens with one attached hydrogen (secondary N) is 4. The maximum absolute atomic E-state index is 14.7. The molecular weight excluding hydrogens is 831 g/mol. The summed E-state index contributed by atoms with van der Waals surface area (Å²) in [6.45, 7) is 17.3. The summed E-state index contributed by atoms with van der Waals surface area (Å²) in [6.07, 6.45) is 16.9. The molecule has 0 saturated heterocycles. The Morgan fingerprint density at radius 1 is 0.652 bits per heavy atom. The van der Waals surface area contributed by atoms with E-state index in [-0.39, 0.29) is 40.1 Å². The van der Waals surface area contributed by atoms with E-state index in [0.29, 0.717) is 12.3 Å². The molecule has 9 nitrogen and oxygen atoms in total. The van der Waals surface area contributed by atoms with E-state index in [1.807, 2.05) is 77.1 Å². The normalized spacial score (nSPS) is 14.4. The molecule has 3 amide bonds. The van der Waals surface area contributed by atoms with Gasteiger partial charge in [0, 0.05) is 41.8 Å². The molecule has 360 valence electrons. The Labute approximate surface area is 395 Å². The van der Waals surface area contributed by atoms with Crippen LogP contribution < -0.4 is 31.5 Å². The zero-order valence-corrected chi connectivity index (χ0v) is 41.2. The van der Waals surface area contributed by atoms with Crippen molar-refractivity contribution in [3.63, 3.8) is 0 Å². The highest BCUT2D eigenvalue weighted by molar-refractivity contribution is 5.96. The van der Waals surface area contributed by atoms with Crippen LogP contribution in [-0.2, 0) is 14.4 Å². The van der Waals surface area contributed by atoms with Gasteiger partial charge >= 0.3 is 0 Å². The Morgan fingerprint density at radius 3 is 1.73 bits per heavy atom. The summed E-state index contributed by atoms with van der Waals surface area (Å²) in [6, 6.07) is 28.8. The molecule has 11 heteroatoms. The van der Waals surface area contributed by atoms with Gasteiger partial charge in [0.1, 0.15) is 0 Å². The third-order valence-corrected chi connectivity index (χ3v) is 11.8. The summed E-state index contributed by atoms with van der Waals surface area (Å²) in [5.41, 5.74) is 7.00. The number of hydrogen-bond donors (Lipinski definition) is 4. The predicted molar refractivity (Wildman–Crippen MR) is 274 cm³/mol. The van der Waals surface area contributed by atoms with Gasteiger partial charge in [0.25, 0.3) is 11.8 Å². The van der Waals surface area contributed by atoms with Gasteiger partial charge in [-0.15, -0.1) is 10.2 Å². The van der Waals surface area contributed by atoms with E-state index in [2.05, 4.69) is 65.5 Å². The highest BCUT2D eigenvalue weighted by Gasteiger charge is 2.25. The van der Waals surface area contributed by atoms with Crippen LogP contribution in [0.4, 0.5) is 43.1 Å². The van der Waals surface area contributed by atoms with Crippen molar-refractivity contribution in [1.29, 1.82) is 0 Å². The summed E-state index contributed by atoms with van der Waals surface area (Å²) in [5.74, 6) is -0.626. The SMILES string of the molecule is CC.CC.CC/C=C(/CCC1CCCC1)Nc1ccc(NC(C)Nc2cccc(NC(C)=O)c2)cc1.Cc1cccc(C(C)C(=O)N(F)c2ccc(N(F)C(=O)CCC3CCCC3)cc2)c1. The van der Waals surface area contributed by atoms with E-state index in [9.17, 15) is 23.3 Å². The number of carbonyl (C=O) groups is 3. The van der Waals surface area contributed by atoms with Crippen molar-refractivity contribution >= 4 is 51.8 Å². The fourth-order valence-electron chi connectivity index (χ4n) is 8.34. The summed E-state index contributed by atoms with van der Waals surface area (Å²) < 4.78 is 29.1. The smallest absolute Gasteiger partial charge is 0.262 e. The fraction of sp³-hybridized carbons (Fsp3) is 0.473. The zero-order chi connectivity index (χ0) is 48.4. The molecule has 0 aliphatic heterocycles. The quantitative estimate of drug-likeness (QED) is 0.0585. The van der Waals surface area contributed by atoms with E-state index >= 15 is 0 Å². The zero-order valence-electron chi connectivity index (χ0n) is 41.2. The van der Waals surface area contributed by atoms with E-state index in [0.717, 1.165) is 65.5 Å². The van der Waals surface area contributed by atoms with Crippen molar-refractivity contribution in [2.45, 2.75) is 158 Å². The number of aryl methyl sites for hydroxylation is 1. The number of halogens is 2. The van der Waals surface area contributed by atoms with Crippen molar-refractivity contribution in [3.8, 4) is 0 Å². The number of carbonyl (C=O) groups excluding carboxylic acids is 3. The van der Waals surface area contributed by atoms with Crippen molar-refractivity contribution < 1.29 is 23.3 Å². The molecule has 0 spiro atoms. The molecule has 2 saturated carbocycles. The minimum Gasteiger partial charge on any atom is -0.366 e. The number of nitrogens with zero attached hydrogens (tertiary/aromatic N) is 2. The molecule has 2 aliphatic rings. The van der Waals surface area contributed by atoms with Gasteiger partial charge in [-0.25, -0.2) is 0 Å². The standard InChI is InChI=1S/C27H38N4O.C24H28F2N2O2.2C2H6/c1-4-8-23(14-13-22-9-5-6-10-22)31-25-17-15-24(16-18-25)28-20(2)29-26-11-7-12-27(19-26)30-21(3)32;1-17-6-5-9-20(16-17)18(2)24(30)28(26)22-13-11-21(12-14-22)27(25)23(29)15-10-19-7-3-4-8-19;2*1-2/h7-8,11-12,15-20,22,28-29,31H,4-6,9-10,13-14H2,1-3H3,(H,30,32);5-6,9,11-14,16,18-19H,3-4,7-8,10,15H2,1-2H3;2*1-2H3/b23-8-;;;. The second-order valence-corrected chi connectivity index (χ2v) is 16.9. The summed E-state index contributed by atoms with van der Waals surface area (Å²) >= 11 is 0. The van der Waals surface area contributed by atoms with Crippen LogP contribution in [0.25, 0.3) is 0 Å². The monoisotopic (exact) mass is 909 g/mol. The molecule has 4 N–H and O–H groups in total. The van der Waals surface area contributed by atoms with Gasteiger partial charge in [-0.05, 0) is 131 Å². The van der Waals surface area contributed by atoms with Crippen LogP contribution in [0.15, 0.2) is 109 Å². The molecule has 2 aliphatic carbocycles. The molecule has 66 heavy (non-hydrogen) atoms. The third kappa shape index (κ3) is 18.6. The lowest BCUT2D eigenvalue weighted by atomic mass is 9.98. The highest BCUT2D eigenvalue weighted by atomic mass is 19.2. The van der Waals surface area contributed by atoms with Gasteiger partial charge < -0.3 is 21.3 Å². The first-order valence-corrected chi connectivity index (χ1v) is 24.5. The number of amides is 3. The van der Waals surface area contributed by atoms with Crippen molar-refractivity contribution in [2.75, 3.05) is 31.5 Å². The van der Waals surface area contributed by atoms with Gasteiger partial charge in [0.15, 0.2) is 0 Å². The Balaban J connectivity index is 0.000000326. The molecule has 4 aromatic rings. The molecule has 4 aromatic carbocycles. The van der Waals surface area contributed by atoms with E-state index in [1.165, 1.54) is 81.8 Å². The molecule has 2 fully saturated rings. The lowest BCUT2D eigenvalue weighted by Gasteiger charge is -2.19. The number of benzene rings is 4. The Morgan fingerprint density at radius 2 is 1.17 bits per heavy atom. The molecule has 0 bridgehead atoms. The van der Waals surface area contributed by atoms with Crippen molar-refractivity contribution in [3.05, 3.63) is 120 Å². The second kappa shape index (κ2) is 29.7. The first-order valence-electron chi connectivity index (χ1n) is 24.5. The van der Waals surface area contributed by atoms with Crippen molar-refractivity contribution in [1.82, 2.24) is 0 Å². The minimum atomic E-state index is -0.710. The van der Waals surface area contributed by atoms with Gasteiger partial charge in [-0.3, -0.25) is 14.4 Å². The van der Waals surface area contributed by atoms with E-state index in [1.54, 1.807) is 13.0 Å². The second-order valence-electron chi connectivity index (χ2n) is 16.9. The average molecular weight is 909 g/mol. The lowest BCUT2D eigenvalue weighted by molar-refractivity contribution is -0.122. The van der Waals surface area contributed by atoms with Crippen LogP contribution in [0.2, 0.25) is 0 Å². The number of allylic oxidation sites excluding steroid dienone is 2. The molecule has 0 aromatic heterocycles. The lowest BCUT2D eigenvalue weighted by Crippen LogP contribution is -2.27. The van der Waals surface area contributed by atoms with Gasteiger partial charge in [-0.2, -0.15) is 0 Å². The summed E-state index contributed by atoms with van der Waals surface area (Å²) in [7, 11) is 0. The Hall–Kier alpha value is -5.71. The van der Waals surface area contributed by atoms with E-state index in [4.69, 9.17) is 0 Å². The summed E-state index contributed by atoms with van der Waals surface area (Å²) in [5, 5.41) is 13.5. The van der Waals surface area contributed by atoms with Crippen LogP contribution in [0.1, 0.15) is 156 Å². The molecule has 2 unspecified atom stereocenters. The number of anilines is 6. The van der Waals surface area contributed by atoms with Crippen LogP contribution in [0.3, 0.4) is 0 Å². The fourth-order valence-corrected chi connectivity index (χ4v) is 8.34. The van der Waals surface area contributed by atoms with Gasteiger partial charge in [0.2, 0.25) is 5.91 Å². The van der Waals surface area contributed by atoms with E-state index < -0.39 is 17.7 Å². The third-order valence-electron chi connectivity index (χ3n) is 11.8. The maximum Gasteiger partial charge on any atom is 0.262 e. The first-order chi connectivity index (χ1) is 31.9. The molecular formula is C55H78F2N6O3. The predicted octanol–water partition coefficient (Wildman–Crippen LogP) is 15.4. The van der Waals surface area contributed by atoms with Crippen LogP contribution in [0, 0.1) is 18.8 Å². The maximum atomic E-state index is 14.7. The molecule has 0 heterocycles.